The Kier molecular flexibility index (Phi) is 9.36. The molecule has 0 bridgehead atoms. The molecule has 13 nitrogen and oxygen atoms in total. The fourth-order valence-corrected chi connectivity index (χ4v) is 9.11. The van der Waals surface area contributed by atoms with Crippen molar-refractivity contribution in [2.75, 3.05) is 11.9 Å². The Balaban J connectivity index is 1.34. The number of amides is 2. The lowest BCUT2D eigenvalue weighted by Gasteiger charge is -2.28. The number of aromatic nitrogens is 2. The highest BCUT2D eigenvalue weighted by Crippen LogP contribution is 2.52. The van der Waals surface area contributed by atoms with Crippen molar-refractivity contribution >= 4 is 44.7 Å². The van der Waals surface area contributed by atoms with Crippen molar-refractivity contribution in [3.8, 4) is 11.5 Å². The lowest BCUT2D eigenvalue weighted by molar-refractivity contribution is -0.197. The molecule has 0 radical (unpaired) electrons. The average molecular weight is 759 g/mol. The molecule has 1 saturated heterocycles. The quantitative estimate of drug-likeness (QED) is 0.0938. The summed E-state index contributed by atoms with van der Waals surface area (Å²) in [6.07, 6.45) is 8.65. The van der Waals surface area contributed by atoms with Crippen molar-refractivity contribution in [2.45, 2.75) is 122 Å². The SMILES string of the molecule is CCC1=CC(C)(C)[N+](CC)=c2cc3c(cc21)=C(c1nccn1CCCCCC(=O)ON1C(=O)CCC1=O)c1cc2c(c(S(=O)(=O)O)c1O3)NC(C)C2(C)C. The molecule has 1 unspecified atom stereocenters. The number of carbonyl (C=O) groups is 3. The Labute approximate surface area is 315 Å². The third-order valence-corrected chi connectivity index (χ3v) is 12.4. The largest absolute Gasteiger partial charge is 0.454 e. The summed E-state index contributed by atoms with van der Waals surface area (Å²) in [5.41, 5.74) is 3.79. The maximum Gasteiger partial charge on any atom is 0.333 e. The number of aryl methyl sites for hydroxylation is 1. The molecular weight excluding hydrogens is 711 g/mol. The number of benzene rings is 2. The number of likely N-dealkylation sites (N-methyl/N-ethyl adjacent to an activating group) is 1. The number of rotatable bonds is 11. The summed E-state index contributed by atoms with van der Waals surface area (Å²) >= 11 is 0. The lowest BCUT2D eigenvalue weighted by Crippen LogP contribution is -2.49. The fourth-order valence-electron chi connectivity index (χ4n) is 8.29. The maximum atomic E-state index is 13.4. The molecule has 7 rings (SSSR count). The number of anilines is 1. The van der Waals surface area contributed by atoms with Crippen LogP contribution >= 0.6 is 0 Å². The van der Waals surface area contributed by atoms with Gasteiger partial charge in [-0.05, 0) is 62.5 Å². The minimum Gasteiger partial charge on any atom is -0.454 e. The highest BCUT2D eigenvalue weighted by Gasteiger charge is 2.44. The summed E-state index contributed by atoms with van der Waals surface area (Å²) in [4.78, 5) is 45.6. The molecule has 1 aromatic heterocycles. The van der Waals surface area contributed by atoms with Crippen LogP contribution in [-0.2, 0) is 41.3 Å². The van der Waals surface area contributed by atoms with Crippen LogP contribution in [0.25, 0.3) is 11.1 Å². The Morgan fingerprint density at radius 3 is 2.46 bits per heavy atom. The normalized spacial score (nSPS) is 19.4. The van der Waals surface area contributed by atoms with E-state index in [2.05, 4.69) is 49.7 Å². The minimum atomic E-state index is -4.78. The second-order valence-electron chi connectivity index (χ2n) is 15.6. The second kappa shape index (κ2) is 13.5. The third-order valence-electron chi connectivity index (χ3n) is 11.5. The molecule has 0 saturated carbocycles. The van der Waals surface area contributed by atoms with Crippen molar-refractivity contribution in [1.29, 1.82) is 0 Å². The van der Waals surface area contributed by atoms with Crippen LogP contribution in [0.5, 0.6) is 11.5 Å². The van der Waals surface area contributed by atoms with Crippen molar-refractivity contribution in [3.63, 3.8) is 0 Å². The highest BCUT2D eigenvalue weighted by molar-refractivity contribution is 7.86. The topological polar surface area (TPSA) is 160 Å². The predicted octanol–water partition coefficient (Wildman–Crippen LogP) is 4.84. The molecule has 14 heteroatoms. The molecule has 5 heterocycles. The fraction of sp³-hybridized carbons (Fsp3) is 0.475. The Morgan fingerprint density at radius 1 is 1.07 bits per heavy atom. The number of carbonyl (C=O) groups excluding carboxylic acids is 3. The van der Waals surface area contributed by atoms with Crippen molar-refractivity contribution in [3.05, 3.63) is 69.8 Å². The summed E-state index contributed by atoms with van der Waals surface area (Å²) in [6.45, 7) is 15.9. The molecule has 2 amide bonds. The third kappa shape index (κ3) is 6.22. The number of nitrogens with zero attached hydrogens (tertiary/aromatic N) is 4. The van der Waals surface area contributed by atoms with Gasteiger partial charge in [-0.2, -0.15) is 8.42 Å². The smallest absolute Gasteiger partial charge is 0.333 e. The molecule has 3 aromatic rings. The van der Waals surface area contributed by atoms with Gasteiger partial charge < -0.3 is 19.5 Å². The first kappa shape index (κ1) is 37.5. The van der Waals surface area contributed by atoms with Crippen LogP contribution in [0.15, 0.2) is 41.6 Å². The summed E-state index contributed by atoms with van der Waals surface area (Å²) in [7, 11) is -4.78. The standard InChI is InChI=1S/C40H47N5O8S/c1-8-24-22-39(4,5)44(9-2)29-21-30-26(19-25(24)29)34(27-20-28-35(42-23(3)40(28,6)7)37(36(27)52-30)54(49,50)51)38-41-16-18-43(38)17-12-10-11-13-33(48)53-45-31(46)14-15-32(45)47/h16,18-23H,8-15,17H2,1-7H3,(H,49,50,51)/p+1. The molecule has 4 aliphatic heterocycles. The highest BCUT2D eigenvalue weighted by atomic mass is 32.2. The van der Waals surface area contributed by atoms with E-state index in [1.54, 1.807) is 6.20 Å². The maximum absolute atomic E-state index is 13.4. The number of nitrogens with one attached hydrogen (secondary N) is 1. The first-order chi connectivity index (χ1) is 25.5. The number of allylic oxidation sites excluding steroid dienone is 1. The van der Waals surface area contributed by atoms with Gasteiger partial charge in [-0.25, -0.2) is 14.4 Å². The lowest BCUT2D eigenvalue weighted by atomic mass is 9.80. The second-order valence-corrected chi connectivity index (χ2v) is 17.0. The van der Waals surface area contributed by atoms with Gasteiger partial charge in [-0.3, -0.25) is 14.1 Å². The molecule has 286 valence electrons. The number of hydroxylamine groups is 2. The molecule has 2 aromatic carbocycles. The van der Waals surface area contributed by atoms with Gasteiger partial charge in [0.2, 0.25) is 5.36 Å². The van der Waals surface area contributed by atoms with E-state index in [1.165, 1.54) is 5.57 Å². The van der Waals surface area contributed by atoms with Crippen molar-refractivity contribution in [1.82, 2.24) is 19.2 Å². The zero-order valence-electron chi connectivity index (χ0n) is 31.9. The molecular formula is C40H48N5O8S+. The average Bonchev–Trinajstić information content (AvgIpc) is 3.75. The van der Waals surface area contributed by atoms with Gasteiger partial charge in [-0.15, -0.1) is 5.06 Å². The molecule has 1 atom stereocenters. The van der Waals surface area contributed by atoms with Gasteiger partial charge in [-0.1, -0.05) is 27.2 Å². The predicted molar refractivity (Wildman–Crippen MR) is 202 cm³/mol. The molecule has 4 aliphatic rings. The van der Waals surface area contributed by atoms with Crippen molar-refractivity contribution < 1.29 is 36.9 Å². The van der Waals surface area contributed by atoms with Crippen LogP contribution < -0.4 is 25.2 Å². The Hall–Kier alpha value is -4.82. The van der Waals surface area contributed by atoms with E-state index < -0.39 is 33.3 Å². The van der Waals surface area contributed by atoms with E-state index in [0.717, 1.165) is 34.7 Å². The number of hydrogen-bond acceptors (Lipinski definition) is 9. The van der Waals surface area contributed by atoms with Crippen LogP contribution in [0.3, 0.4) is 0 Å². The molecule has 1 fully saturated rings. The number of imide groups is 1. The van der Waals surface area contributed by atoms with Gasteiger partial charge in [0.15, 0.2) is 16.2 Å². The molecule has 0 spiro atoms. The van der Waals surface area contributed by atoms with Gasteiger partial charge in [0, 0.05) is 85.4 Å². The molecule has 0 aliphatic carbocycles. The first-order valence-electron chi connectivity index (χ1n) is 18.7. The zero-order chi connectivity index (χ0) is 38.9. The minimum absolute atomic E-state index is 0.0428. The van der Waals surface area contributed by atoms with E-state index in [0.29, 0.717) is 59.3 Å². The summed E-state index contributed by atoms with van der Waals surface area (Å²) in [5.74, 6) is -0.534. The number of imidazole rings is 1. The number of fused-ring (bicyclic) bond motifs is 4. The van der Waals surface area contributed by atoms with E-state index in [9.17, 15) is 27.4 Å². The van der Waals surface area contributed by atoms with Gasteiger partial charge >= 0.3 is 5.97 Å². The van der Waals surface area contributed by atoms with E-state index in [1.807, 2.05) is 43.7 Å². The summed E-state index contributed by atoms with van der Waals surface area (Å²) in [5, 5.41) is 5.63. The van der Waals surface area contributed by atoms with E-state index >= 15 is 0 Å². The summed E-state index contributed by atoms with van der Waals surface area (Å²) < 4.78 is 48.5. The van der Waals surface area contributed by atoms with Crippen LogP contribution in [0.2, 0.25) is 0 Å². The van der Waals surface area contributed by atoms with Crippen LogP contribution in [0.4, 0.5) is 5.69 Å². The van der Waals surface area contributed by atoms with Crippen LogP contribution in [0.1, 0.15) is 116 Å². The van der Waals surface area contributed by atoms with E-state index in [-0.39, 0.29) is 41.5 Å². The van der Waals surface area contributed by atoms with Crippen LogP contribution in [0, 0.1) is 0 Å². The first-order valence-corrected chi connectivity index (χ1v) is 20.2. The van der Waals surface area contributed by atoms with Gasteiger partial charge in [0.05, 0.1) is 11.8 Å². The summed E-state index contributed by atoms with van der Waals surface area (Å²) in [6, 6.07) is 5.95. The van der Waals surface area contributed by atoms with Gasteiger partial charge in [0.1, 0.15) is 18.1 Å². The molecule has 54 heavy (non-hydrogen) atoms. The monoisotopic (exact) mass is 758 g/mol. The number of ether oxygens (including phenoxy) is 1. The van der Waals surface area contributed by atoms with Crippen LogP contribution in [-0.4, -0.2) is 63.5 Å². The number of hydrogen-bond donors (Lipinski definition) is 2. The van der Waals surface area contributed by atoms with E-state index in [4.69, 9.17) is 14.6 Å². The zero-order valence-corrected chi connectivity index (χ0v) is 32.7. The molecule has 2 N–H and O–H groups in total. The van der Waals surface area contributed by atoms with Crippen molar-refractivity contribution in [2.24, 2.45) is 0 Å². The van der Waals surface area contributed by atoms with Gasteiger partial charge in [0.25, 0.3) is 21.9 Å². The number of unbranched alkanes of at least 4 members (excludes halogenated alkanes) is 2. The Bertz CT molecular complexity index is 2380. The Morgan fingerprint density at radius 2 is 1.80 bits per heavy atom.